The summed E-state index contributed by atoms with van der Waals surface area (Å²) >= 11 is 6.70. The summed E-state index contributed by atoms with van der Waals surface area (Å²) in [5.41, 5.74) is 4.14. The van der Waals surface area contributed by atoms with Crippen LogP contribution in [0.1, 0.15) is 15.9 Å². The number of ether oxygens (including phenoxy) is 1. The molecule has 158 valence electrons. The van der Waals surface area contributed by atoms with E-state index < -0.39 is 0 Å². The molecule has 0 unspecified atom stereocenters. The molecule has 0 spiro atoms. The van der Waals surface area contributed by atoms with Crippen LogP contribution in [0.15, 0.2) is 80.8 Å². The number of hydrazone groups is 1. The van der Waals surface area contributed by atoms with E-state index in [1.54, 1.807) is 42.5 Å². The third-order valence-electron chi connectivity index (χ3n) is 3.93. The van der Waals surface area contributed by atoms with Gasteiger partial charge in [0.2, 0.25) is 0 Å². The molecule has 6 nitrogen and oxygen atoms in total. The number of benzene rings is 3. The van der Waals surface area contributed by atoms with E-state index in [2.05, 4.69) is 47.7 Å². The molecule has 3 rings (SSSR count). The molecule has 31 heavy (non-hydrogen) atoms. The Hall–Kier alpha value is -3.04. The summed E-state index contributed by atoms with van der Waals surface area (Å²) in [5.74, 6) is -0.616. The molecule has 0 saturated carbocycles. The molecule has 9 heteroatoms. The molecular weight excluding hydrogens is 533 g/mol. The molecular formula is C22H16Br2FN3O3. The quantitative estimate of drug-likeness (QED) is 0.317. The normalized spacial score (nSPS) is 10.7. The Morgan fingerprint density at radius 3 is 2.39 bits per heavy atom. The topological polar surface area (TPSA) is 79.8 Å². The summed E-state index contributed by atoms with van der Waals surface area (Å²) in [7, 11) is 0. The van der Waals surface area contributed by atoms with Crippen molar-refractivity contribution in [3.8, 4) is 5.75 Å². The van der Waals surface area contributed by atoms with Gasteiger partial charge in [0.05, 0.1) is 10.7 Å². The van der Waals surface area contributed by atoms with Gasteiger partial charge in [-0.05, 0) is 88.2 Å². The zero-order valence-corrected chi connectivity index (χ0v) is 19.1. The van der Waals surface area contributed by atoms with Gasteiger partial charge in [-0.2, -0.15) is 5.10 Å². The maximum atomic E-state index is 12.9. The highest BCUT2D eigenvalue weighted by Crippen LogP contribution is 2.25. The van der Waals surface area contributed by atoms with Gasteiger partial charge >= 0.3 is 0 Å². The Kier molecular flexibility index (Phi) is 7.91. The number of hydrogen-bond acceptors (Lipinski definition) is 4. The standard InChI is InChI=1S/C22H16Br2FN3O3/c23-16-4-2-15(3-5-16)22(30)28-26-12-14-1-10-20(19(24)11-14)31-13-21(29)27-18-8-6-17(25)7-9-18/h1-12H,13H2,(H,27,29)(H,28,30)/b26-12+. The number of carbonyl (C=O) groups excluding carboxylic acids is 2. The lowest BCUT2D eigenvalue weighted by Crippen LogP contribution is -2.20. The van der Waals surface area contributed by atoms with Gasteiger partial charge in [-0.1, -0.05) is 15.9 Å². The van der Waals surface area contributed by atoms with E-state index in [0.29, 0.717) is 27.0 Å². The fraction of sp³-hybridized carbons (Fsp3) is 0.0455. The highest BCUT2D eigenvalue weighted by Gasteiger charge is 2.08. The monoisotopic (exact) mass is 547 g/mol. The molecule has 0 aromatic heterocycles. The Morgan fingerprint density at radius 2 is 1.71 bits per heavy atom. The summed E-state index contributed by atoms with van der Waals surface area (Å²) in [6, 6.07) is 17.5. The Bertz CT molecular complexity index is 1100. The lowest BCUT2D eigenvalue weighted by Gasteiger charge is -2.09. The number of nitrogens with one attached hydrogen (secondary N) is 2. The van der Waals surface area contributed by atoms with E-state index in [4.69, 9.17) is 4.74 Å². The van der Waals surface area contributed by atoms with Gasteiger partial charge in [0, 0.05) is 15.7 Å². The van der Waals surface area contributed by atoms with Gasteiger partial charge in [0.15, 0.2) is 6.61 Å². The van der Waals surface area contributed by atoms with Crippen molar-refractivity contribution in [3.05, 3.63) is 92.6 Å². The van der Waals surface area contributed by atoms with Gasteiger partial charge in [0.25, 0.3) is 11.8 Å². The molecule has 2 amide bonds. The fourth-order valence-corrected chi connectivity index (χ4v) is 3.19. The van der Waals surface area contributed by atoms with Crippen molar-refractivity contribution in [1.29, 1.82) is 0 Å². The van der Waals surface area contributed by atoms with Crippen LogP contribution in [0.5, 0.6) is 5.75 Å². The number of carbonyl (C=O) groups is 2. The van der Waals surface area contributed by atoms with Crippen LogP contribution in [0.2, 0.25) is 0 Å². The van der Waals surface area contributed by atoms with Crippen LogP contribution >= 0.6 is 31.9 Å². The average molecular weight is 549 g/mol. The maximum absolute atomic E-state index is 12.9. The second kappa shape index (κ2) is 10.8. The molecule has 0 saturated heterocycles. The molecule has 3 aromatic carbocycles. The van der Waals surface area contributed by atoms with Gasteiger partial charge in [0.1, 0.15) is 11.6 Å². The SMILES string of the molecule is O=C(COc1ccc(/C=N/NC(=O)c2ccc(Br)cc2)cc1Br)Nc1ccc(F)cc1. The summed E-state index contributed by atoms with van der Waals surface area (Å²) in [6.07, 6.45) is 1.49. The van der Waals surface area contributed by atoms with Crippen molar-refractivity contribution in [3.63, 3.8) is 0 Å². The van der Waals surface area contributed by atoms with Crippen LogP contribution in [0, 0.1) is 5.82 Å². The molecule has 0 fully saturated rings. The van der Waals surface area contributed by atoms with Gasteiger partial charge in [-0.3, -0.25) is 9.59 Å². The first-order valence-electron chi connectivity index (χ1n) is 8.97. The Labute approximate surface area is 194 Å². The number of amides is 2. The molecule has 0 aliphatic heterocycles. The lowest BCUT2D eigenvalue weighted by molar-refractivity contribution is -0.118. The smallest absolute Gasteiger partial charge is 0.271 e. The van der Waals surface area contributed by atoms with E-state index in [1.165, 1.54) is 30.5 Å². The molecule has 0 aliphatic carbocycles. The summed E-state index contributed by atoms with van der Waals surface area (Å²) in [5, 5.41) is 6.56. The number of halogens is 3. The minimum Gasteiger partial charge on any atom is -0.483 e. The number of anilines is 1. The van der Waals surface area contributed by atoms with Crippen molar-refractivity contribution < 1.29 is 18.7 Å². The first-order chi connectivity index (χ1) is 14.9. The van der Waals surface area contributed by atoms with Gasteiger partial charge in [-0.25, -0.2) is 9.82 Å². The first kappa shape index (κ1) is 22.6. The summed E-state index contributed by atoms with van der Waals surface area (Å²) in [6.45, 7) is -0.216. The van der Waals surface area contributed by atoms with Gasteiger partial charge in [-0.15, -0.1) is 0 Å². The Balaban J connectivity index is 1.51. The van der Waals surface area contributed by atoms with Crippen LogP contribution in [0.25, 0.3) is 0 Å². The van der Waals surface area contributed by atoms with Crippen LogP contribution in [-0.4, -0.2) is 24.6 Å². The second-order valence-corrected chi connectivity index (χ2v) is 8.01. The number of rotatable bonds is 7. The zero-order valence-electron chi connectivity index (χ0n) is 15.9. The van der Waals surface area contributed by atoms with Crippen molar-refractivity contribution in [2.45, 2.75) is 0 Å². The second-order valence-electron chi connectivity index (χ2n) is 6.24. The number of hydrogen-bond donors (Lipinski definition) is 2. The molecule has 3 aromatic rings. The lowest BCUT2D eigenvalue weighted by atomic mass is 10.2. The van der Waals surface area contributed by atoms with Crippen molar-refractivity contribution in [1.82, 2.24) is 5.43 Å². The number of nitrogens with zero attached hydrogens (tertiary/aromatic N) is 1. The third-order valence-corrected chi connectivity index (χ3v) is 5.08. The van der Waals surface area contributed by atoms with E-state index in [0.717, 1.165) is 4.47 Å². The van der Waals surface area contributed by atoms with Crippen molar-refractivity contribution in [2.75, 3.05) is 11.9 Å². The van der Waals surface area contributed by atoms with Crippen LogP contribution in [0.4, 0.5) is 10.1 Å². The summed E-state index contributed by atoms with van der Waals surface area (Å²) < 4.78 is 19.9. The highest BCUT2D eigenvalue weighted by atomic mass is 79.9. The minimum atomic E-state index is -0.380. The van der Waals surface area contributed by atoms with Crippen molar-refractivity contribution in [2.24, 2.45) is 5.10 Å². The van der Waals surface area contributed by atoms with E-state index in [-0.39, 0.29) is 24.2 Å². The highest BCUT2D eigenvalue weighted by molar-refractivity contribution is 9.10. The fourth-order valence-electron chi connectivity index (χ4n) is 2.42. The van der Waals surface area contributed by atoms with Crippen LogP contribution in [-0.2, 0) is 4.79 Å². The molecule has 0 aliphatic rings. The first-order valence-corrected chi connectivity index (χ1v) is 10.6. The molecule has 2 N–H and O–H groups in total. The van der Waals surface area contributed by atoms with Crippen LogP contribution in [0.3, 0.4) is 0 Å². The van der Waals surface area contributed by atoms with Crippen molar-refractivity contribution >= 4 is 55.6 Å². The summed E-state index contributed by atoms with van der Waals surface area (Å²) in [4.78, 5) is 24.0. The van der Waals surface area contributed by atoms with Crippen LogP contribution < -0.4 is 15.5 Å². The predicted molar refractivity (Wildman–Crippen MR) is 124 cm³/mol. The molecule has 0 radical (unpaired) electrons. The van der Waals surface area contributed by atoms with E-state index in [9.17, 15) is 14.0 Å². The average Bonchev–Trinajstić information content (AvgIpc) is 2.75. The Morgan fingerprint density at radius 1 is 1.00 bits per heavy atom. The largest absolute Gasteiger partial charge is 0.483 e. The predicted octanol–water partition coefficient (Wildman–Crippen LogP) is 5.13. The zero-order chi connectivity index (χ0) is 22.2. The minimum absolute atomic E-state index is 0.216. The molecule has 0 bridgehead atoms. The third kappa shape index (κ3) is 7.01. The van der Waals surface area contributed by atoms with E-state index in [1.807, 2.05) is 0 Å². The molecule has 0 heterocycles. The van der Waals surface area contributed by atoms with E-state index >= 15 is 0 Å². The molecule has 0 atom stereocenters. The van der Waals surface area contributed by atoms with Gasteiger partial charge < -0.3 is 10.1 Å². The maximum Gasteiger partial charge on any atom is 0.271 e.